The van der Waals surface area contributed by atoms with E-state index in [1.165, 1.54) is 0 Å². The SMILES string of the molecule is CC(C)(C)C1C=CCN1. The molecule has 9 heavy (non-hydrogen) atoms. The van der Waals surface area contributed by atoms with Crippen LogP contribution in [-0.4, -0.2) is 12.6 Å². The monoisotopic (exact) mass is 125 g/mol. The van der Waals surface area contributed by atoms with Crippen molar-refractivity contribution in [1.82, 2.24) is 5.32 Å². The van der Waals surface area contributed by atoms with Crippen LogP contribution < -0.4 is 5.32 Å². The second-order valence-electron chi connectivity index (χ2n) is 3.68. The van der Waals surface area contributed by atoms with Crippen molar-refractivity contribution >= 4 is 0 Å². The molecule has 0 aromatic heterocycles. The molecule has 1 rings (SSSR count). The van der Waals surface area contributed by atoms with Gasteiger partial charge in [-0.1, -0.05) is 32.9 Å². The van der Waals surface area contributed by atoms with Gasteiger partial charge in [0.15, 0.2) is 0 Å². The van der Waals surface area contributed by atoms with Crippen molar-refractivity contribution in [1.29, 1.82) is 0 Å². The van der Waals surface area contributed by atoms with Crippen LogP contribution in [0.15, 0.2) is 12.2 Å². The lowest BCUT2D eigenvalue weighted by molar-refractivity contribution is 0.332. The van der Waals surface area contributed by atoms with Crippen LogP contribution in [0.3, 0.4) is 0 Å². The summed E-state index contributed by atoms with van der Waals surface area (Å²) in [6, 6.07) is 0.581. The summed E-state index contributed by atoms with van der Waals surface area (Å²) >= 11 is 0. The summed E-state index contributed by atoms with van der Waals surface area (Å²) in [4.78, 5) is 0. The lowest BCUT2D eigenvalue weighted by atomic mass is 9.88. The van der Waals surface area contributed by atoms with Crippen LogP contribution in [0.5, 0.6) is 0 Å². The van der Waals surface area contributed by atoms with Gasteiger partial charge in [0.1, 0.15) is 0 Å². The summed E-state index contributed by atoms with van der Waals surface area (Å²) in [5, 5.41) is 3.39. The Morgan fingerprint density at radius 3 is 2.33 bits per heavy atom. The molecule has 0 amide bonds. The van der Waals surface area contributed by atoms with Gasteiger partial charge in [-0.3, -0.25) is 0 Å². The largest absolute Gasteiger partial charge is 0.307 e. The number of nitrogens with one attached hydrogen (secondary N) is 1. The molecule has 0 saturated carbocycles. The number of hydrogen-bond donors (Lipinski definition) is 1. The quantitative estimate of drug-likeness (QED) is 0.484. The summed E-state index contributed by atoms with van der Waals surface area (Å²) in [5.41, 5.74) is 0.382. The molecule has 1 unspecified atom stereocenters. The van der Waals surface area contributed by atoms with Crippen molar-refractivity contribution in [3.63, 3.8) is 0 Å². The predicted molar refractivity (Wildman–Crippen MR) is 40.4 cm³/mol. The third kappa shape index (κ3) is 1.55. The molecule has 0 aliphatic carbocycles. The van der Waals surface area contributed by atoms with Crippen molar-refractivity contribution in [2.24, 2.45) is 5.41 Å². The highest BCUT2D eigenvalue weighted by Gasteiger charge is 2.22. The first kappa shape index (κ1) is 6.81. The van der Waals surface area contributed by atoms with Crippen molar-refractivity contribution < 1.29 is 0 Å². The Balaban J connectivity index is 2.53. The van der Waals surface area contributed by atoms with Gasteiger partial charge in [-0.2, -0.15) is 0 Å². The first-order valence-corrected chi connectivity index (χ1v) is 3.51. The van der Waals surface area contributed by atoms with E-state index in [0.29, 0.717) is 11.5 Å². The highest BCUT2D eigenvalue weighted by molar-refractivity contribution is 5.06. The average Bonchev–Trinajstić information content (AvgIpc) is 2.08. The highest BCUT2D eigenvalue weighted by atomic mass is 14.9. The number of rotatable bonds is 0. The Bertz CT molecular complexity index is 119. The van der Waals surface area contributed by atoms with Gasteiger partial charge in [-0.25, -0.2) is 0 Å². The second-order valence-corrected chi connectivity index (χ2v) is 3.68. The molecule has 0 fully saturated rings. The zero-order valence-electron chi connectivity index (χ0n) is 6.44. The third-order valence-corrected chi connectivity index (χ3v) is 1.72. The van der Waals surface area contributed by atoms with E-state index in [1.807, 2.05) is 0 Å². The molecule has 1 N–H and O–H groups in total. The zero-order chi connectivity index (χ0) is 6.91. The standard InChI is InChI=1S/C8H15N/c1-8(2,3)7-5-4-6-9-7/h4-5,7,9H,6H2,1-3H3. The van der Waals surface area contributed by atoms with Crippen molar-refractivity contribution in [2.45, 2.75) is 26.8 Å². The molecule has 52 valence electrons. The smallest absolute Gasteiger partial charge is 0.0302 e. The topological polar surface area (TPSA) is 12.0 Å². The highest BCUT2D eigenvalue weighted by Crippen LogP contribution is 2.21. The lowest BCUT2D eigenvalue weighted by Gasteiger charge is -2.25. The minimum Gasteiger partial charge on any atom is -0.307 e. The molecule has 1 heterocycles. The fourth-order valence-corrected chi connectivity index (χ4v) is 1.06. The summed E-state index contributed by atoms with van der Waals surface area (Å²) in [6.45, 7) is 7.79. The molecule has 0 radical (unpaired) electrons. The Hall–Kier alpha value is -0.300. The van der Waals surface area contributed by atoms with Crippen LogP contribution >= 0.6 is 0 Å². The summed E-state index contributed by atoms with van der Waals surface area (Å²) < 4.78 is 0. The van der Waals surface area contributed by atoms with Gasteiger partial charge in [0, 0.05) is 12.6 Å². The molecule has 1 heteroatoms. The second kappa shape index (κ2) is 2.14. The Morgan fingerprint density at radius 1 is 1.44 bits per heavy atom. The van der Waals surface area contributed by atoms with Gasteiger partial charge < -0.3 is 5.32 Å². The van der Waals surface area contributed by atoms with Crippen LogP contribution in [-0.2, 0) is 0 Å². The normalized spacial score (nSPS) is 27.2. The minimum atomic E-state index is 0.382. The molecule has 1 aliphatic rings. The minimum absolute atomic E-state index is 0.382. The Kier molecular flexibility index (Phi) is 1.62. The lowest BCUT2D eigenvalue weighted by Crippen LogP contribution is -2.34. The van der Waals surface area contributed by atoms with E-state index in [0.717, 1.165) is 6.54 Å². The maximum atomic E-state index is 3.39. The molecule has 0 aromatic carbocycles. The molecule has 1 aliphatic heterocycles. The van der Waals surface area contributed by atoms with Crippen molar-refractivity contribution in [2.75, 3.05) is 6.54 Å². The van der Waals surface area contributed by atoms with E-state index in [-0.39, 0.29) is 0 Å². The van der Waals surface area contributed by atoms with Crippen LogP contribution in [0.1, 0.15) is 20.8 Å². The van der Waals surface area contributed by atoms with E-state index in [9.17, 15) is 0 Å². The fraction of sp³-hybridized carbons (Fsp3) is 0.750. The van der Waals surface area contributed by atoms with Crippen LogP contribution in [0.25, 0.3) is 0 Å². The van der Waals surface area contributed by atoms with Crippen LogP contribution in [0.2, 0.25) is 0 Å². The van der Waals surface area contributed by atoms with Crippen molar-refractivity contribution in [3.8, 4) is 0 Å². The van der Waals surface area contributed by atoms with E-state index in [1.54, 1.807) is 0 Å². The van der Waals surface area contributed by atoms with Gasteiger partial charge in [0.2, 0.25) is 0 Å². The first-order chi connectivity index (χ1) is 4.11. The van der Waals surface area contributed by atoms with Gasteiger partial charge in [0.25, 0.3) is 0 Å². The maximum Gasteiger partial charge on any atom is 0.0302 e. The average molecular weight is 125 g/mol. The molecular weight excluding hydrogens is 110 g/mol. The van der Waals surface area contributed by atoms with Gasteiger partial charge in [-0.15, -0.1) is 0 Å². The van der Waals surface area contributed by atoms with Crippen LogP contribution in [0, 0.1) is 5.41 Å². The fourth-order valence-electron chi connectivity index (χ4n) is 1.06. The van der Waals surface area contributed by atoms with Gasteiger partial charge in [0.05, 0.1) is 0 Å². The van der Waals surface area contributed by atoms with E-state index in [2.05, 4.69) is 38.2 Å². The maximum absolute atomic E-state index is 3.39. The molecule has 0 saturated heterocycles. The molecule has 1 nitrogen and oxygen atoms in total. The summed E-state index contributed by atoms with van der Waals surface area (Å²) in [6.07, 6.45) is 4.44. The van der Waals surface area contributed by atoms with Gasteiger partial charge >= 0.3 is 0 Å². The Labute approximate surface area is 57.1 Å². The summed E-state index contributed by atoms with van der Waals surface area (Å²) in [7, 11) is 0. The molecule has 1 atom stereocenters. The molecular formula is C8H15N. The van der Waals surface area contributed by atoms with E-state index in [4.69, 9.17) is 0 Å². The summed E-state index contributed by atoms with van der Waals surface area (Å²) in [5.74, 6) is 0. The third-order valence-electron chi connectivity index (χ3n) is 1.72. The van der Waals surface area contributed by atoms with E-state index < -0.39 is 0 Å². The first-order valence-electron chi connectivity index (χ1n) is 3.51. The predicted octanol–water partition coefficient (Wildman–Crippen LogP) is 1.56. The zero-order valence-corrected chi connectivity index (χ0v) is 6.44. The van der Waals surface area contributed by atoms with E-state index >= 15 is 0 Å². The molecule has 0 spiro atoms. The van der Waals surface area contributed by atoms with Gasteiger partial charge in [-0.05, 0) is 5.41 Å². The van der Waals surface area contributed by atoms with Crippen molar-refractivity contribution in [3.05, 3.63) is 12.2 Å². The Morgan fingerprint density at radius 2 is 2.11 bits per heavy atom. The van der Waals surface area contributed by atoms with Crippen LogP contribution in [0.4, 0.5) is 0 Å². The number of hydrogen-bond acceptors (Lipinski definition) is 1. The molecule has 0 bridgehead atoms. The molecule has 0 aromatic rings.